The number of benzene rings is 1. The summed E-state index contributed by atoms with van der Waals surface area (Å²) < 4.78 is 12.9. The summed E-state index contributed by atoms with van der Waals surface area (Å²) in [5.41, 5.74) is 9.04. The highest BCUT2D eigenvalue weighted by molar-refractivity contribution is 5.35. The van der Waals surface area contributed by atoms with E-state index in [1.807, 2.05) is 32.0 Å². The van der Waals surface area contributed by atoms with Crippen molar-refractivity contribution < 1.29 is 14.6 Å². The van der Waals surface area contributed by atoms with Crippen molar-refractivity contribution in [2.75, 3.05) is 13.2 Å². The second kappa shape index (κ2) is 7.95. The number of nitrogens with two attached hydrogens (primary N) is 1. The van der Waals surface area contributed by atoms with Gasteiger partial charge in [-0.3, -0.25) is 0 Å². The molecule has 0 saturated carbocycles. The number of aromatic nitrogens is 3. The number of aliphatic hydroxyl groups is 1. The largest absolute Gasteiger partial charge is 0.491 e. The van der Waals surface area contributed by atoms with Crippen LogP contribution in [0.2, 0.25) is 0 Å². The molecule has 0 aliphatic carbocycles. The minimum Gasteiger partial charge on any atom is -0.491 e. The Hall–Kier alpha value is -1.96. The fraction of sp³-hybridized carbons (Fsp3) is 0.556. The first-order valence-electron chi connectivity index (χ1n) is 8.68. The lowest BCUT2D eigenvalue weighted by molar-refractivity contribution is 0.0878. The molecule has 1 aromatic carbocycles. The van der Waals surface area contributed by atoms with Gasteiger partial charge >= 0.3 is 0 Å². The summed E-state index contributed by atoms with van der Waals surface area (Å²) in [5.74, 6) is 0.790. The van der Waals surface area contributed by atoms with E-state index in [0.29, 0.717) is 12.2 Å². The third-order valence-electron chi connectivity index (χ3n) is 4.44. The van der Waals surface area contributed by atoms with Gasteiger partial charge in [0.1, 0.15) is 24.2 Å². The molecule has 3 atom stereocenters. The fourth-order valence-electron chi connectivity index (χ4n) is 2.95. The van der Waals surface area contributed by atoms with Gasteiger partial charge < -0.3 is 20.3 Å². The van der Waals surface area contributed by atoms with Crippen LogP contribution in [-0.4, -0.2) is 45.5 Å². The molecule has 1 aliphatic heterocycles. The summed E-state index contributed by atoms with van der Waals surface area (Å²) in [6.45, 7) is 5.24. The van der Waals surface area contributed by atoms with Crippen LogP contribution in [0.25, 0.3) is 0 Å². The Morgan fingerprint density at radius 3 is 3.04 bits per heavy atom. The van der Waals surface area contributed by atoms with Gasteiger partial charge in [0, 0.05) is 6.61 Å². The lowest BCUT2D eigenvalue weighted by Gasteiger charge is -2.15. The quantitative estimate of drug-likeness (QED) is 0.789. The van der Waals surface area contributed by atoms with Crippen LogP contribution in [0.1, 0.15) is 35.7 Å². The van der Waals surface area contributed by atoms with Crippen molar-refractivity contribution in [1.29, 1.82) is 0 Å². The Bertz CT molecular complexity index is 697. The van der Waals surface area contributed by atoms with Crippen molar-refractivity contribution in [2.24, 2.45) is 5.73 Å². The summed E-state index contributed by atoms with van der Waals surface area (Å²) in [6.07, 6.45) is 3.06. The highest BCUT2D eigenvalue weighted by Crippen LogP contribution is 2.23. The number of aliphatic hydroxyl groups excluding tert-OH is 1. The summed E-state index contributed by atoms with van der Waals surface area (Å²) in [5, 5.41) is 18.4. The molecule has 3 unspecified atom stereocenters. The van der Waals surface area contributed by atoms with Crippen molar-refractivity contribution in [3.05, 3.63) is 41.2 Å². The first-order chi connectivity index (χ1) is 12.0. The van der Waals surface area contributed by atoms with Crippen LogP contribution in [0.15, 0.2) is 24.4 Å². The SMILES string of the molecule is Cc1ccc(C)c(OCC(O)Cn2cc(C(N)C3CCCO3)nn2)c1. The van der Waals surface area contributed by atoms with Gasteiger partial charge in [-0.25, -0.2) is 4.68 Å². The van der Waals surface area contributed by atoms with Crippen LogP contribution in [-0.2, 0) is 11.3 Å². The third kappa shape index (κ3) is 4.56. The van der Waals surface area contributed by atoms with Crippen LogP contribution in [0, 0.1) is 13.8 Å². The molecule has 3 rings (SSSR count). The first kappa shape index (κ1) is 17.8. The average molecular weight is 346 g/mol. The van der Waals surface area contributed by atoms with E-state index in [1.165, 1.54) is 0 Å². The summed E-state index contributed by atoms with van der Waals surface area (Å²) in [6, 6.07) is 5.73. The number of ether oxygens (including phenoxy) is 2. The zero-order valence-corrected chi connectivity index (χ0v) is 14.8. The fourth-order valence-corrected chi connectivity index (χ4v) is 2.95. The monoisotopic (exact) mass is 346 g/mol. The van der Waals surface area contributed by atoms with Gasteiger partial charge in [0.15, 0.2) is 0 Å². The van der Waals surface area contributed by atoms with Gasteiger partial charge in [-0.15, -0.1) is 5.10 Å². The van der Waals surface area contributed by atoms with Gasteiger partial charge in [0.2, 0.25) is 0 Å². The molecular weight excluding hydrogens is 320 g/mol. The number of aryl methyl sites for hydroxylation is 2. The van der Waals surface area contributed by atoms with E-state index < -0.39 is 6.10 Å². The van der Waals surface area contributed by atoms with E-state index in [9.17, 15) is 5.11 Å². The minimum atomic E-state index is -0.687. The molecule has 0 radical (unpaired) electrons. The van der Waals surface area contributed by atoms with Gasteiger partial charge in [-0.05, 0) is 43.9 Å². The van der Waals surface area contributed by atoms with Crippen molar-refractivity contribution in [3.8, 4) is 5.75 Å². The standard InChI is InChI=1S/C18H26N4O3/c1-12-5-6-13(2)17(8-12)25-11-14(23)9-22-10-15(20-21-22)18(19)16-4-3-7-24-16/h5-6,8,10,14,16,18,23H,3-4,7,9,11,19H2,1-2H3. The van der Waals surface area contributed by atoms with Crippen molar-refractivity contribution in [3.63, 3.8) is 0 Å². The topological polar surface area (TPSA) is 95.4 Å². The van der Waals surface area contributed by atoms with Crippen molar-refractivity contribution in [2.45, 2.75) is 51.5 Å². The molecule has 25 heavy (non-hydrogen) atoms. The molecule has 0 spiro atoms. The number of hydrogen-bond donors (Lipinski definition) is 2. The summed E-state index contributed by atoms with van der Waals surface area (Å²) in [7, 11) is 0. The number of rotatable bonds is 7. The molecule has 0 bridgehead atoms. The predicted octanol–water partition coefficient (Wildman–Crippen LogP) is 1.51. The Balaban J connectivity index is 1.52. The number of hydrogen-bond acceptors (Lipinski definition) is 6. The molecule has 2 aromatic rings. The van der Waals surface area contributed by atoms with Crippen LogP contribution < -0.4 is 10.5 Å². The maximum Gasteiger partial charge on any atom is 0.122 e. The summed E-state index contributed by atoms with van der Waals surface area (Å²) >= 11 is 0. The van der Waals surface area contributed by atoms with Crippen LogP contribution in [0.5, 0.6) is 5.75 Å². The highest BCUT2D eigenvalue weighted by atomic mass is 16.5. The van der Waals surface area contributed by atoms with Gasteiger partial charge in [0.25, 0.3) is 0 Å². The molecular formula is C18H26N4O3. The second-order valence-electron chi connectivity index (χ2n) is 6.68. The van der Waals surface area contributed by atoms with Gasteiger partial charge in [-0.1, -0.05) is 17.3 Å². The molecule has 1 saturated heterocycles. The van der Waals surface area contributed by atoms with Crippen LogP contribution in [0.4, 0.5) is 0 Å². The predicted molar refractivity (Wildman–Crippen MR) is 93.3 cm³/mol. The normalized spacial score (nSPS) is 19.8. The van der Waals surface area contributed by atoms with Gasteiger partial charge in [-0.2, -0.15) is 0 Å². The Kier molecular flexibility index (Phi) is 5.67. The van der Waals surface area contributed by atoms with Gasteiger partial charge in [0.05, 0.1) is 24.9 Å². The van der Waals surface area contributed by atoms with Crippen LogP contribution in [0.3, 0.4) is 0 Å². The first-order valence-corrected chi connectivity index (χ1v) is 8.68. The Morgan fingerprint density at radius 2 is 2.28 bits per heavy atom. The molecule has 7 nitrogen and oxygen atoms in total. The highest BCUT2D eigenvalue weighted by Gasteiger charge is 2.26. The third-order valence-corrected chi connectivity index (χ3v) is 4.44. The van der Waals surface area contributed by atoms with Crippen LogP contribution >= 0.6 is 0 Å². The van der Waals surface area contributed by atoms with E-state index in [0.717, 1.165) is 36.3 Å². The smallest absolute Gasteiger partial charge is 0.122 e. The second-order valence-corrected chi connectivity index (χ2v) is 6.68. The van der Waals surface area contributed by atoms with E-state index in [-0.39, 0.29) is 18.8 Å². The molecule has 0 amide bonds. The zero-order chi connectivity index (χ0) is 17.8. The Labute approximate surface area is 147 Å². The molecule has 1 aliphatic rings. The maximum absolute atomic E-state index is 10.2. The van der Waals surface area contributed by atoms with Crippen molar-refractivity contribution >= 4 is 0 Å². The Morgan fingerprint density at radius 1 is 1.44 bits per heavy atom. The summed E-state index contributed by atoms with van der Waals surface area (Å²) in [4.78, 5) is 0. The maximum atomic E-state index is 10.2. The van der Waals surface area contributed by atoms with E-state index in [4.69, 9.17) is 15.2 Å². The average Bonchev–Trinajstić information content (AvgIpc) is 3.27. The molecule has 136 valence electrons. The van der Waals surface area contributed by atoms with E-state index >= 15 is 0 Å². The van der Waals surface area contributed by atoms with Crippen molar-refractivity contribution in [1.82, 2.24) is 15.0 Å². The van der Waals surface area contributed by atoms with E-state index in [2.05, 4.69) is 10.3 Å². The lowest BCUT2D eigenvalue weighted by atomic mass is 10.1. The lowest BCUT2D eigenvalue weighted by Crippen LogP contribution is -2.26. The minimum absolute atomic E-state index is 0.00250. The zero-order valence-electron chi connectivity index (χ0n) is 14.8. The molecule has 7 heteroatoms. The van der Waals surface area contributed by atoms with E-state index in [1.54, 1.807) is 10.9 Å². The molecule has 2 heterocycles. The molecule has 1 aromatic heterocycles. The molecule has 1 fully saturated rings. The number of nitrogens with zero attached hydrogens (tertiary/aromatic N) is 3. The molecule has 3 N–H and O–H groups in total.